The summed E-state index contributed by atoms with van der Waals surface area (Å²) in [6.45, 7) is 3.03. The van der Waals surface area contributed by atoms with Gasteiger partial charge in [-0.3, -0.25) is 0 Å². The summed E-state index contributed by atoms with van der Waals surface area (Å²) in [6, 6.07) is 4.89. The van der Waals surface area contributed by atoms with Crippen LogP contribution in [0.3, 0.4) is 0 Å². The third-order valence-corrected chi connectivity index (χ3v) is 3.71. The van der Waals surface area contributed by atoms with E-state index in [4.69, 9.17) is 0 Å². The number of phenols is 2. The Morgan fingerprint density at radius 1 is 1.35 bits per heavy atom. The van der Waals surface area contributed by atoms with Gasteiger partial charge in [0.2, 0.25) is 0 Å². The van der Waals surface area contributed by atoms with Crippen molar-refractivity contribution in [1.82, 2.24) is 5.32 Å². The monoisotopic (exact) mass is 235 g/mol. The van der Waals surface area contributed by atoms with Gasteiger partial charge in [0, 0.05) is 17.7 Å². The molecule has 1 atom stereocenters. The first-order valence-electron chi connectivity index (χ1n) is 6.42. The first-order chi connectivity index (χ1) is 8.16. The topological polar surface area (TPSA) is 52.5 Å². The molecular formula is C14H21NO2. The van der Waals surface area contributed by atoms with E-state index in [0.717, 1.165) is 18.0 Å². The quantitative estimate of drug-likeness (QED) is 0.735. The molecule has 0 aromatic heterocycles. The Kier molecular flexibility index (Phi) is 3.89. The molecule has 1 aromatic rings. The molecule has 3 heteroatoms. The highest BCUT2D eigenvalue weighted by atomic mass is 16.3. The summed E-state index contributed by atoms with van der Waals surface area (Å²) in [5.41, 5.74) is 0.844. The molecule has 0 bridgehead atoms. The molecule has 2 rings (SSSR count). The van der Waals surface area contributed by atoms with Gasteiger partial charge in [0.25, 0.3) is 0 Å². The van der Waals surface area contributed by atoms with Crippen LogP contribution in [-0.2, 0) is 0 Å². The lowest BCUT2D eigenvalue weighted by molar-refractivity contribution is 0.288. The second-order valence-electron chi connectivity index (χ2n) is 5.00. The number of benzene rings is 1. The molecule has 1 unspecified atom stereocenters. The van der Waals surface area contributed by atoms with Crippen molar-refractivity contribution >= 4 is 0 Å². The van der Waals surface area contributed by atoms with Crippen LogP contribution >= 0.6 is 0 Å². The van der Waals surface area contributed by atoms with Gasteiger partial charge in [-0.05, 0) is 31.9 Å². The molecule has 17 heavy (non-hydrogen) atoms. The van der Waals surface area contributed by atoms with E-state index < -0.39 is 0 Å². The molecule has 3 nitrogen and oxygen atoms in total. The van der Waals surface area contributed by atoms with Gasteiger partial charge in [0.05, 0.1) is 0 Å². The summed E-state index contributed by atoms with van der Waals surface area (Å²) in [5.74, 6) is 1.17. The van der Waals surface area contributed by atoms with Crippen molar-refractivity contribution in [1.29, 1.82) is 0 Å². The molecule has 3 N–H and O–H groups in total. The average molecular weight is 235 g/mol. The van der Waals surface area contributed by atoms with E-state index in [0.29, 0.717) is 0 Å². The van der Waals surface area contributed by atoms with Crippen LogP contribution in [0.25, 0.3) is 0 Å². The van der Waals surface area contributed by atoms with Crippen LogP contribution in [0.2, 0.25) is 0 Å². The van der Waals surface area contributed by atoms with Crippen LogP contribution in [0, 0.1) is 5.92 Å². The van der Waals surface area contributed by atoms with Crippen LogP contribution in [0.5, 0.6) is 11.5 Å². The lowest BCUT2D eigenvalue weighted by atomic mass is 9.83. The minimum absolute atomic E-state index is 0.105. The Bertz CT molecular complexity index is 374. The van der Waals surface area contributed by atoms with E-state index in [-0.39, 0.29) is 17.5 Å². The number of hydrogen-bond acceptors (Lipinski definition) is 3. The molecule has 0 heterocycles. The molecule has 1 fully saturated rings. The third-order valence-electron chi connectivity index (χ3n) is 3.71. The highest BCUT2D eigenvalue weighted by molar-refractivity contribution is 5.40. The molecule has 0 amide bonds. The van der Waals surface area contributed by atoms with Crippen LogP contribution in [-0.4, -0.2) is 16.8 Å². The van der Waals surface area contributed by atoms with Gasteiger partial charge in [-0.15, -0.1) is 0 Å². The van der Waals surface area contributed by atoms with Gasteiger partial charge in [0.1, 0.15) is 11.5 Å². The molecule has 0 radical (unpaired) electrons. The fourth-order valence-corrected chi connectivity index (χ4v) is 2.29. The second kappa shape index (κ2) is 5.41. The van der Waals surface area contributed by atoms with Crippen LogP contribution in [0.4, 0.5) is 0 Å². The zero-order valence-corrected chi connectivity index (χ0v) is 10.3. The molecule has 1 aromatic carbocycles. The third kappa shape index (κ3) is 3.13. The number of hydrogen-bond donors (Lipinski definition) is 3. The van der Waals surface area contributed by atoms with E-state index in [2.05, 4.69) is 5.32 Å². The minimum atomic E-state index is 0.105. The summed E-state index contributed by atoms with van der Waals surface area (Å²) in [5, 5.41) is 22.4. The van der Waals surface area contributed by atoms with Gasteiger partial charge in [0.15, 0.2) is 0 Å². The lowest BCUT2D eigenvalue weighted by Gasteiger charge is -2.26. The van der Waals surface area contributed by atoms with E-state index in [1.54, 1.807) is 12.1 Å². The molecule has 1 aliphatic carbocycles. The van der Waals surface area contributed by atoms with Crippen molar-refractivity contribution < 1.29 is 10.2 Å². The maximum absolute atomic E-state index is 9.73. The number of nitrogens with one attached hydrogen (secondary N) is 1. The number of aromatic hydroxyl groups is 2. The molecule has 0 saturated heterocycles. The number of phenolic OH excluding ortho intramolecular Hbond substituents is 2. The minimum Gasteiger partial charge on any atom is -0.508 e. The Morgan fingerprint density at radius 3 is 2.71 bits per heavy atom. The smallest absolute Gasteiger partial charge is 0.124 e. The average Bonchev–Trinajstić information content (AvgIpc) is 2.21. The van der Waals surface area contributed by atoms with Crippen molar-refractivity contribution in [2.24, 2.45) is 5.92 Å². The Morgan fingerprint density at radius 2 is 2.12 bits per heavy atom. The van der Waals surface area contributed by atoms with Crippen molar-refractivity contribution in [2.75, 3.05) is 6.54 Å². The first-order valence-corrected chi connectivity index (χ1v) is 6.42. The Hall–Kier alpha value is -1.22. The molecule has 1 aliphatic rings. The Labute approximate surface area is 102 Å². The van der Waals surface area contributed by atoms with Gasteiger partial charge in [-0.2, -0.15) is 0 Å². The van der Waals surface area contributed by atoms with Crippen LogP contribution in [0.1, 0.15) is 44.2 Å². The van der Waals surface area contributed by atoms with Gasteiger partial charge >= 0.3 is 0 Å². The predicted molar refractivity (Wildman–Crippen MR) is 68.1 cm³/mol. The zero-order chi connectivity index (χ0) is 12.3. The van der Waals surface area contributed by atoms with Crippen molar-refractivity contribution in [3.63, 3.8) is 0 Å². The lowest BCUT2D eigenvalue weighted by Crippen LogP contribution is -2.24. The van der Waals surface area contributed by atoms with E-state index in [1.165, 1.54) is 31.7 Å². The van der Waals surface area contributed by atoms with E-state index in [1.807, 2.05) is 6.92 Å². The summed E-state index contributed by atoms with van der Waals surface area (Å²) >= 11 is 0. The molecule has 0 spiro atoms. The fraction of sp³-hybridized carbons (Fsp3) is 0.571. The normalized spacial score (nSPS) is 17.7. The fourth-order valence-electron chi connectivity index (χ4n) is 2.29. The summed E-state index contributed by atoms with van der Waals surface area (Å²) < 4.78 is 0. The highest BCUT2D eigenvalue weighted by Crippen LogP contribution is 2.30. The molecule has 1 saturated carbocycles. The van der Waals surface area contributed by atoms with E-state index in [9.17, 15) is 10.2 Å². The predicted octanol–water partition coefficient (Wildman–Crippen LogP) is 2.94. The SMILES string of the molecule is CC(NCCC1CCC1)c1ccc(O)cc1O. The van der Waals surface area contributed by atoms with Crippen molar-refractivity contribution in [3.05, 3.63) is 23.8 Å². The molecular weight excluding hydrogens is 214 g/mol. The second-order valence-corrected chi connectivity index (χ2v) is 5.00. The maximum atomic E-state index is 9.73. The van der Waals surface area contributed by atoms with Crippen molar-refractivity contribution in [3.8, 4) is 11.5 Å². The Balaban J connectivity index is 1.83. The highest BCUT2D eigenvalue weighted by Gasteiger charge is 2.17. The van der Waals surface area contributed by atoms with Crippen LogP contribution in [0.15, 0.2) is 18.2 Å². The van der Waals surface area contributed by atoms with Crippen molar-refractivity contribution in [2.45, 2.75) is 38.6 Å². The van der Waals surface area contributed by atoms with Gasteiger partial charge in [-0.1, -0.05) is 25.3 Å². The first kappa shape index (κ1) is 12.2. The summed E-state index contributed by atoms with van der Waals surface area (Å²) in [6.07, 6.45) is 5.36. The van der Waals surface area contributed by atoms with E-state index >= 15 is 0 Å². The number of rotatable bonds is 5. The summed E-state index contributed by atoms with van der Waals surface area (Å²) in [7, 11) is 0. The van der Waals surface area contributed by atoms with Gasteiger partial charge < -0.3 is 15.5 Å². The standard InChI is InChI=1S/C14H21NO2/c1-10(15-8-7-11-3-2-4-11)13-6-5-12(16)9-14(13)17/h5-6,9-11,15-17H,2-4,7-8H2,1H3. The molecule has 0 aliphatic heterocycles. The maximum Gasteiger partial charge on any atom is 0.124 e. The molecule has 94 valence electrons. The van der Waals surface area contributed by atoms with Crippen LogP contribution < -0.4 is 5.32 Å². The zero-order valence-electron chi connectivity index (χ0n) is 10.3. The largest absolute Gasteiger partial charge is 0.508 e. The van der Waals surface area contributed by atoms with Gasteiger partial charge in [-0.25, -0.2) is 0 Å². The summed E-state index contributed by atoms with van der Waals surface area (Å²) in [4.78, 5) is 0.